The van der Waals surface area contributed by atoms with Crippen LogP contribution in [0.3, 0.4) is 0 Å². The molecule has 0 spiro atoms. The number of fused-ring (bicyclic) bond motifs is 1. The minimum absolute atomic E-state index is 0.104. The molecular weight excluding hydrogens is 358 g/mol. The number of anilines is 1. The first-order chi connectivity index (χ1) is 12.5. The number of rotatable bonds is 6. The average molecular weight is 377 g/mol. The van der Waals surface area contributed by atoms with Crippen LogP contribution in [0, 0.1) is 0 Å². The summed E-state index contributed by atoms with van der Waals surface area (Å²) in [5.41, 5.74) is 0.497. The van der Waals surface area contributed by atoms with Gasteiger partial charge in [-0.25, -0.2) is 8.42 Å². The minimum Gasteiger partial charge on any atom is -0.495 e. The van der Waals surface area contributed by atoms with Crippen molar-refractivity contribution in [3.63, 3.8) is 0 Å². The maximum absolute atomic E-state index is 12.5. The SMILES string of the molecule is COc1ccccc1NC(=O)CCS(=O)(=O)c1ccc2c(c1)OCCO2. The molecule has 7 nitrogen and oxygen atoms in total. The van der Waals surface area contributed by atoms with Crippen molar-refractivity contribution in [2.75, 3.05) is 31.4 Å². The summed E-state index contributed by atoms with van der Waals surface area (Å²) in [6, 6.07) is 11.4. The number of para-hydroxylation sites is 2. The molecule has 1 heterocycles. The molecule has 1 amide bonds. The Hall–Kier alpha value is -2.74. The Bertz CT molecular complexity index is 910. The first-order valence-electron chi connectivity index (χ1n) is 8.05. The zero-order valence-electron chi connectivity index (χ0n) is 14.2. The summed E-state index contributed by atoms with van der Waals surface area (Å²) in [5, 5.41) is 2.66. The predicted octanol–water partition coefficient (Wildman–Crippen LogP) is 2.27. The van der Waals surface area contributed by atoms with E-state index in [0.29, 0.717) is 36.1 Å². The van der Waals surface area contributed by atoms with Crippen molar-refractivity contribution >= 4 is 21.4 Å². The molecule has 138 valence electrons. The zero-order chi connectivity index (χ0) is 18.6. The molecule has 0 bridgehead atoms. The molecule has 26 heavy (non-hydrogen) atoms. The maximum atomic E-state index is 12.5. The van der Waals surface area contributed by atoms with E-state index in [1.807, 2.05) is 0 Å². The monoisotopic (exact) mass is 377 g/mol. The average Bonchev–Trinajstić information content (AvgIpc) is 2.66. The highest BCUT2D eigenvalue weighted by Crippen LogP contribution is 2.32. The Morgan fingerprint density at radius 1 is 1.12 bits per heavy atom. The molecule has 0 saturated heterocycles. The lowest BCUT2D eigenvalue weighted by Gasteiger charge is -2.18. The molecule has 2 aromatic rings. The van der Waals surface area contributed by atoms with Crippen molar-refractivity contribution in [2.45, 2.75) is 11.3 Å². The van der Waals surface area contributed by atoms with Crippen molar-refractivity contribution in [1.29, 1.82) is 0 Å². The fourth-order valence-corrected chi connectivity index (χ4v) is 3.77. The summed E-state index contributed by atoms with van der Waals surface area (Å²) < 4.78 is 40.9. The summed E-state index contributed by atoms with van der Waals surface area (Å²) in [4.78, 5) is 12.2. The van der Waals surface area contributed by atoms with E-state index in [2.05, 4.69) is 5.32 Å². The molecule has 0 radical (unpaired) electrons. The Labute approximate surface area is 151 Å². The Kier molecular flexibility index (Phi) is 5.32. The lowest BCUT2D eigenvalue weighted by molar-refractivity contribution is -0.115. The second kappa shape index (κ2) is 7.65. The van der Waals surface area contributed by atoms with Crippen molar-refractivity contribution in [3.8, 4) is 17.2 Å². The van der Waals surface area contributed by atoms with Crippen LogP contribution in [0.4, 0.5) is 5.69 Å². The van der Waals surface area contributed by atoms with E-state index in [4.69, 9.17) is 14.2 Å². The van der Waals surface area contributed by atoms with Crippen molar-refractivity contribution in [3.05, 3.63) is 42.5 Å². The standard InChI is InChI=1S/C18H19NO6S/c1-23-15-5-3-2-4-14(15)19-18(20)8-11-26(21,22)13-6-7-16-17(12-13)25-10-9-24-16/h2-7,12H,8-11H2,1H3,(H,19,20). The first-order valence-corrected chi connectivity index (χ1v) is 9.70. The van der Waals surface area contributed by atoms with Gasteiger partial charge in [-0.1, -0.05) is 12.1 Å². The number of hydrogen-bond acceptors (Lipinski definition) is 6. The third-order valence-corrected chi connectivity index (χ3v) is 5.57. The highest BCUT2D eigenvalue weighted by Gasteiger charge is 2.21. The molecule has 0 unspecified atom stereocenters. The second-order valence-electron chi connectivity index (χ2n) is 5.62. The summed E-state index contributed by atoms with van der Waals surface area (Å²) in [5.74, 6) is 0.708. The molecule has 0 fully saturated rings. The lowest BCUT2D eigenvalue weighted by Crippen LogP contribution is -2.19. The van der Waals surface area contributed by atoms with Crippen LogP contribution in [0.25, 0.3) is 0 Å². The molecule has 1 aliphatic heterocycles. The summed E-state index contributed by atoms with van der Waals surface area (Å²) >= 11 is 0. The molecule has 1 aliphatic rings. The largest absolute Gasteiger partial charge is 0.495 e. The molecule has 0 aromatic heterocycles. The van der Waals surface area contributed by atoms with Crippen molar-refractivity contribution < 1.29 is 27.4 Å². The van der Waals surface area contributed by atoms with Gasteiger partial charge in [-0.05, 0) is 24.3 Å². The minimum atomic E-state index is -3.62. The van der Waals surface area contributed by atoms with Crippen LogP contribution in [0.15, 0.2) is 47.4 Å². The van der Waals surface area contributed by atoms with Gasteiger partial charge in [0.15, 0.2) is 21.3 Å². The van der Waals surface area contributed by atoms with Gasteiger partial charge in [0, 0.05) is 12.5 Å². The molecule has 1 N–H and O–H groups in total. The second-order valence-corrected chi connectivity index (χ2v) is 7.73. The fourth-order valence-electron chi connectivity index (χ4n) is 2.52. The van der Waals surface area contributed by atoms with Crippen LogP contribution in [0.1, 0.15) is 6.42 Å². The highest BCUT2D eigenvalue weighted by molar-refractivity contribution is 7.91. The molecule has 8 heteroatoms. The van der Waals surface area contributed by atoms with Gasteiger partial charge in [-0.2, -0.15) is 0 Å². The van der Waals surface area contributed by atoms with Crippen molar-refractivity contribution in [2.24, 2.45) is 0 Å². The number of methoxy groups -OCH3 is 1. The third-order valence-electron chi connectivity index (χ3n) is 3.85. The normalized spacial score (nSPS) is 13.1. The maximum Gasteiger partial charge on any atom is 0.225 e. The Morgan fingerprint density at radius 3 is 2.62 bits per heavy atom. The van der Waals surface area contributed by atoms with Crippen LogP contribution in [0.5, 0.6) is 17.2 Å². The topological polar surface area (TPSA) is 90.9 Å². The number of benzene rings is 2. The number of nitrogens with one attached hydrogen (secondary N) is 1. The lowest BCUT2D eigenvalue weighted by atomic mass is 10.3. The molecule has 0 atom stereocenters. The van der Waals surface area contributed by atoms with Gasteiger partial charge in [0.25, 0.3) is 0 Å². The Morgan fingerprint density at radius 2 is 1.85 bits per heavy atom. The predicted molar refractivity (Wildman–Crippen MR) is 95.7 cm³/mol. The van der Waals surface area contributed by atoms with Crippen LogP contribution in [-0.4, -0.2) is 40.4 Å². The molecule has 2 aromatic carbocycles. The number of hydrogen-bond donors (Lipinski definition) is 1. The van der Waals surface area contributed by atoms with E-state index >= 15 is 0 Å². The van der Waals surface area contributed by atoms with Gasteiger partial charge in [-0.3, -0.25) is 4.79 Å². The first kappa shape index (κ1) is 18.1. The van der Waals surface area contributed by atoms with Crippen molar-refractivity contribution in [1.82, 2.24) is 0 Å². The number of ether oxygens (including phenoxy) is 3. The Balaban J connectivity index is 1.65. The molecule has 0 aliphatic carbocycles. The van der Waals surface area contributed by atoms with Gasteiger partial charge >= 0.3 is 0 Å². The fraction of sp³-hybridized carbons (Fsp3) is 0.278. The van der Waals surface area contributed by atoms with Gasteiger partial charge in [0.05, 0.1) is 23.4 Å². The van der Waals surface area contributed by atoms with Crippen LogP contribution < -0.4 is 19.5 Å². The van der Waals surface area contributed by atoms with Gasteiger partial charge < -0.3 is 19.5 Å². The zero-order valence-corrected chi connectivity index (χ0v) is 15.0. The number of carbonyl (C=O) groups is 1. The van der Waals surface area contributed by atoms with E-state index in [1.165, 1.54) is 19.2 Å². The van der Waals surface area contributed by atoms with Gasteiger partial charge in [0.1, 0.15) is 19.0 Å². The summed E-state index contributed by atoms with van der Waals surface area (Å²) in [7, 11) is -2.13. The van der Waals surface area contributed by atoms with Crippen LogP contribution in [0.2, 0.25) is 0 Å². The van der Waals surface area contributed by atoms with Crippen LogP contribution in [-0.2, 0) is 14.6 Å². The third kappa shape index (κ3) is 4.08. The van der Waals surface area contributed by atoms with E-state index < -0.39 is 15.7 Å². The van der Waals surface area contributed by atoms with E-state index in [9.17, 15) is 13.2 Å². The molecule has 0 saturated carbocycles. The quantitative estimate of drug-likeness (QED) is 0.830. The number of amides is 1. The summed E-state index contributed by atoms with van der Waals surface area (Å²) in [6.45, 7) is 0.806. The van der Waals surface area contributed by atoms with Crippen LogP contribution >= 0.6 is 0 Å². The van der Waals surface area contributed by atoms with E-state index in [-0.39, 0.29) is 17.1 Å². The summed E-state index contributed by atoms with van der Waals surface area (Å²) in [6.07, 6.45) is -0.172. The number of sulfone groups is 1. The van der Waals surface area contributed by atoms with E-state index in [0.717, 1.165) is 0 Å². The number of carbonyl (C=O) groups excluding carboxylic acids is 1. The van der Waals surface area contributed by atoms with E-state index in [1.54, 1.807) is 30.3 Å². The smallest absolute Gasteiger partial charge is 0.225 e. The van der Waals surface area contributed by atoms with Gasteiger partial charge in [-0.15, -0.1) is 0 Å². The van der Waals surface area contributed by atoms with Gasteiger partial charge in [0.2, 0.25) is 5.91 Å². The molecule has 3 rings (SSSR count). The molecular formula is C18H19NO6S. The highest BCUT2D eigenvalue weighted by atomic mass is 32.2.